The number of ether oxygens (including phenoxy) is 1. The Balaban J connectivity index is 3.41. The molecule has 0 bridgehead atoms. The molecule has 1 aromatic rings. The van der Waals surface area contributed by atoms with E-state index in [0.717, 1.165) is 6.92 Å². The van der Waals surface area contributed by atoms with Crippen LogP contribution >= 0.6 is 0 Å². The minimum Gasteiger partial charge on any atom is -0.496 e. The smallest absolute Gasteiger partial charge is 0.307 e. The molecule has 0 aliphatic heterocycles. The lowest BCUT2D eigenvalue weighted by atomic mass is 9.97. The molecule has 0 atom stereocenters. The van der Waals surface area contributed by atoms with Gasteiger partial charge >= 0.3 is 5.97 Å². The van der Waals surface area contributed by atoms with E-state index in [1.54, 1.807) is 6.92 Å². The van der Waals surface area contributed by atoms with Crippen molar-refractivity contribution in [3.05, 3.63) is 28.8 Å². The van der Waals surface area contributed by atoms with Crippen LogP contribution in [0.5, 0.6) is 5.75 Å². The van der Waals surface area contributed by atoms with E-state index >= 15 is 0 Å². The first-order valence-corrected chi connectivity index (χ1v) is 5.04. The van der Waals surface area contributed by atoms with E-state index in [-0.39, 0.29) is 17.7 Å². The summed E-state index contributed by atoms with van der Waals surface area (Å²) >= 11 is 0. The molecule has 0 amide bonds. The van der Waals surface area contributed by atoms with Crippen molar-refractivity contribution in [3.8, 4) is 5.75 Å². The lowest BCUT2D eigenvalue weighted by molar-refractivity contribution is -0.136. The van der Waals surface area contributed by atoms with Crippen LogP contribution in [0.1, 0.15) is 23.6 Å². The summed E-state index contributed by atoms with van der Waals surface area (Å²) in [5, 5.41) is 8.76. The molecule has 1 rings (SSSR count). The van der Waals surface area contributed by atoms with E-state index in [2.05, 4.69) is 0 Å². The topological polar surface area (TPSA) is 46.5 Å². The highest BCUT2D eigenvalue weighted by atomic mass is 19.3. The first-order chi connectivity index (χ1) is 7.77. The molecule has 1 aromatic carbocycles. The van der Waals surface area contributed by atoms with Crippen molar-refractivity contribution in [1.29, 1.82) is 0 Å². The average Bonchev–Trinajstić information content (AvgIpc) is 2.18. The van der Waals surface area contributed by atoms with Crippen molar-refractivity contribution in [1.82, 2.24) is 0 Å². The lowest BCUT2D eigenvalue weighted by Gasteiger charge is -2.19. The second-order valence-corrected chi connectivity index (χ2v) is 3.90. The Bertz CT molecular complexity index is 436. The zero-order valence-corrected chi connectivity index (χ0v) is 9.88. The molecular formula is C12H14F2O3. The molecule has 0 aromatic heterocycles. The highest BCUT2D eigenvalue weighted by Gasteiger charge is 2.30. The summed E-state index contributed by atoms with van der Waals surface area (Å²) in [5.41, 5.74) is 0.623. The van der Waals surface area contributed by atoms with Gasteiger partial charge in [-0.25, -0.2) is 8.78 Å². The molecule has 5 heteroatoms. The summed E-state index contributed by atoms with van der Waals surface area (Å²) in [6.45, 7) is 2.42. The molecule has 3 nitrogen and oxygen atoms in total. The van der Waals surface area contributed by atoms with E-state index < -0.39 is 11.9 Å². The van der Waals surface area contributed by atoms with E-state index in [0.29, 0.717) is 11.1 Å². The van der Waals surface area contributed by atoms with Crippen molar-refractivity contribution < 1.29 is 23.4 Å². The van der Waals surface area contributed by atoms with Crippen LogP contribution < -0.4 is 4.74 Å². The van der Waals surface area contributed by atoms with E-state index in [9.17, 15) is 13.6 Å². The van der Waals surface area contributed by atoms with Gasteiger partial charge in [-0.15, -0.1) is 0 Å². The number of carbonyl (C=O) groups is 1. The minimum atomic E-state index is -3.06. The van der Waals surface area contributed by atoms with Crippen molar-refractivity contribution in [2.45, 2.75) is 26.2 Å². The number of carboxylic acid groups (broad SMARTS) is 1. The number of methoxy groups -OCH3 is 1. The quantitative estimate of drug-likeness (QED) is 0.885. The number of carboxylic acids is 1. The monoisotopic (exact) mass is 244 g/mol. The van der Waals surface area contributed by atoms with Crippen molar-refractivity contribution in [2.75, 3.05) is 7.11 Å². The third kappa shape index (κ3) is 2.93. The second-order valence-electron chi connectivity index (χ2n) is 3.90. The van der Waals surface area contributed by atoms with Gasteiger partial charge in [0.25, 0.3) is 5.92 Å². The standard InChI is InChI=1S/C12H14F2O3/c1-7-4-5-9(12(2,13)14)11(17-3)8(7)6-10(15)16/h4-5H,6H2,1-3H3,(H,15,16). The van der Waals surface area contributed by atoms with Crippen molar-refractivity contribution in [2.24, 2.45) is 0 Å². The van der Waals surface area contributed by atoms with Gasteiger partial charge in [0, 0.05) is 12.5 Å². The Morgan fingerprint density at radius 2 is 2.06 bits per heavy atom. The molecule has 0 aliphatic carbocycles. The molecule has 94 valence electrons. The molecule has 1 N–H and O–H groups in total. The van der Waals surface area contributed by atoms with Gasteiger partial charge in [-0.1, -0.05) is 6.07 Å². The Labute approximate surface area is 98.0 Å². The van der Waals surface area contributed by atoms with Crippen LogP contribution in [-0.2, 0) is 17.1 Å². The Kier molecular flexibility index (Phi) is 3.70. The Morgan fingerprint density at radius 3 is 2.47 bits per heavy atom. The molecule has 0 unspecified atom stereocenters. The highest BCUT2D eigenvalue weighted by Crippen LogP contribution is 2.38. The molecule has 0 spiro atoms. The van der Waals surface area contributed by atoms with Crippen molar-refractivity contribution in [3.63, 3.8) is 0 Å². The third-order valence-corrected chi connectivity index (χ3v) is 2.50. The number of alkyl halides is 2. The zero-order valence-electron chi connectivity index (χ0n) is 9.88. The van der Waals surface area contributed by atoms with Crippen molar-refractivity contribution >= 4 is 5.97 Å². The highest BCUT2D eigenvalue weighted by molar-refractivity contribution is 5.72. The third-order valence-electron chi connectivity index (χ3n) is 2.50. The maximum atomic E-state index is 13.3. The second kappa shape index (κ2) is 4.69. The van der Waals surface area contributed by atoms with Gasteiger partial charge < -0.3 is 9.84 Å². The van der Waals surface area contributed by atoms with Crippen LogP contribution in [0, 0.1) is 6.92 Å². The van der Waals surface area contributed by atoms with Gasteiger partial charge in [0.05, 0.1) is 19.1 Å². The Morgan fingerprint density at radius 1 is 1.47 bits per heavy atom. The number of aryl methyl sites for hydroxylation is 1. The summed E-state index contributed by atoms with van der Waals surface area (Å²) < 4.78 is 31.6. The van der Waals surface area contributed by atoms with Gasteiger partial charge in [-0.05, 0) is 18.6 Å². The fraction of sp³-hybridized carbons (Fsp3) is 0.417. The maximum Gasteiger partial charge on any atom is 0.307 e. The zero-order chi connectivity index (χ0) is 13.2. The number of halogens is 2. The number of hydrogen-bond acceptors (Lipinski definition) is 2. The van der Waals surface area contributed by atoms with Crippen LogP contribution in [-0.4, -0.2) is 18.2 Å². The summed E-state index contributed by atoms with van der Waals surface area (Å²) in [6, 6.07) is 2.74. The van der Waals surface area contributed by atoms with Gasteiger partial charge in [-0.2, -0.15) is 0 Å². The molecule has 0 saturated carbocycles. The van der Waals surface area contributed by atoms with E-state index in [4.69, 9.17) is 9.84 Å². The fourth-order valence-electron chi connectivity index (χ4n) is 1.68. The normalized spacial score (nSPS) is 11.4. The molecule has 0 fully saturated rings. The Hall–Kier alpha value is -1.65. The summed E-state index contributed by atoms with van der Waals surface area (Å²) in [5.74, 6) is -4.19. The van der Waals surface area contributed by atoms with E-state index in [1.165, 1.54) is 19.2 Å². The predicted molar refractivity (Wildman–Crippen MR) is 58.6 cm³/mol. The molecule has 0 saturated heterocycles. The first kappa shape index (κ1) is 13.4. The number of aliphatic carboxylic acids is 1. The fourth-order valence-corrected chi connectivity index (χ4v) is 1.68. The van der Waals surface area contributed by atoms with Gasteiger partial charge in [0.1, 0.15) is 5.75 Å². The van der Waals surface area contributed by atoms with Crippen LogP contribution in [0.15, 0.2) is 12.1 Å². The predicted octanol–water partition coefficient (Wildman–Crippen LogP) is 2.74. The number of rotatable bonds is 4. The van der Waals surface area contributed by atoms with Crippen LogP contribution in [0.4, 0.5) is 8.78 Å². The molecule has 0 heterocycles. The van der Waals surface area contributed by atoms with Gasteiger partial charge in [-0.3, -0.25) is 4.79 Å². The summed E-state index contributed by atoms with van der Waals surface area (Å²) in [6.07, 6.45) is -0.334. The molecular weight excluding hydrogens is 230 g/mol. The largest absolute Gasteiger partial charge is 0.496 e. The van der Waals surface area contributed by atoms with Crippen LogP contribution in [0.25, 0.3) is 0 Å². The minimum absolute atomic E-state index is 0.0418. The SMILES string of the molecule is COc1c(C(C)(F)F)ccc(C)c1CC(=O)O. The number of benzene rings is 1. The molecule has 17 heavy (non-hydrogen) atoms. The molecule has 0 aliphatic rings. The van der Waals surface area contributed by atoms with Gasteiger partial charge in [0.2, 0.25) is 0 Å². The summed E-state index contributed by atoms with van der Waals surface area (Å²) in [4.78, 5) is 10.7. The number of hydrogen-bond donors (Lipinski definition) is 1. The lowest BCUT2D eigenvalue weighted by Crippen LogP contribution is -2.13. The van der Waals surface area contributed by atoms with Crippen LogP contribution in [0.3, 0.4) is 0 Å². The summed E-state index contributed by atoms with van der Waals surface area (Å²) in [7, 11) is 1.26. The van der Waals surface area contributed by atoms with Crippen LogP contribution in [0.2, 0.25) is 0 Å². The van der Waals surface area contributed by atoms with Gasteiger partial charge in [0.15, 0.2) is 0 Å². The van der Waals surface area contributed by atoms with E-state index in [1.807, 2.05) is 0 Å². The molecule has 0 radical (unpaired) electrons. The first-order valence-electron chi connectivity index (χ1n) is 5.04. The maximum absolute atomic E-state index is 13.3. The average molecular weight is 244 g/mol.